The predicted octanol–water partition coefficient (Wildman–Crippen LogP) is 3.43. The van der Waals surface area contributed by atoms with E-state index in [0.717, 1.165) is 6.07 Å². The molecular formula is C11H13ClF3NO. The number of hydrogen-bond donors (Lipinski definition) is 1. The fraction of sp³-hybridized carbons (Fsp3) is 0.455. The molecule has 0 heterocycles. The molecular weight excluding hydrogens is 255 g/mol. The molecule has 0 aliphatic carbocycles. The molecule has 2 nitrogen and oxygen atoms in total. The third kappa shape index (κ3) is 3.04. The number of nitrogens with two attached hydrogens (primary N) is 1. The number of hydrogen-bond acceptors (Lipinski definition) is 2. The zero-order chi connectivity index (χ0) is 13.2. The van der Waals surface area contributed by atoms with Crippen molar-refractivity contribution < 1.29 is 17.9 Å². The molecule has 0 spiro atoms. The number of halogens is 4. The van der Waals surface area contributed by atoms with Gasteiger partial charge in [-0.2, -0.15) is 13.2 Å². The second-order valence-corrected chi connectivity index (χ2v) is 4.15. The second-order valence-electron chi connectivity index (χ2n) is 3.71. The van der Waals surface area contributed by atoms with Crippen molar-refractivity contribution in [1.29, 1.82) is 0 Å². The zero-order valence-corrected chi connectivity index (χ0v) is 10.2. The lowest BCUT2D eigenvalue weighted by molar-refractivity contribution is -0.138. The Bertz CT molecular complexity index is 406. The van der Waals surface area contributed by atoms with Gasteiger partial charge in [0.1, 0.15) is 5.75 Å². The Morgan fingerprint density at radius 2 is 2.00 bits per heavy atom. The van der Waals surface area contributed by atoms with E-state index in [9.17, 15) is 13.2 Å². The molecule has 1 aromatic rings. The molecule has 0 amide bonds. The van der Waals surface area contributed by atoms with E-state index < -0.39 is 11.7 Å². The summed E-state index contributed by atoms with van der Waals surface area (Å²) < 4.78 is 43.2. The van der Waals surface area contributed by atoms with Crippen molar-refractivity contribution in [2.24, 2.45) is 5.73 Å². The molecule has 0 saturated heterocycles. The minimum Gasteiger partial charge on any atom is -0.496 e. The molecule has 96 valence electrons. The monoisotopic (exact) mass is 267 g/mol. The van der Waals surface area contributed by atoms with E-state index in [-0.39, 0.29) is 23.2 Å². The standard InChI is InChI=1S/C11H13ClF3NO/c1-6(5-16)8-3-7(12)4-9(10(8)17-2)11(13,14)15/h3-4,6H,5,16H2,1-2H3. The lowest BCUT2D eigenvalue weighted by Gasteiger charge is -2.19. The van der Waals surface area contributed by atoms with E-state index in [0.29, 0.717) is 5.56 Å². The zero-order valence-electron chi connectivity index (χ0n) is 9.44. The molecule has 1 rings (SSSR count). The van der Waals surface area contributed by atoms with E-state index in [4.69, 9.17) is 22.1 Å². The van der Waals surface area contributed by atoms with Crippen LogP contribution in [0.25, 0.3) is 0 Å². The summed E-state index contributed by atoms with van der Waals surface area (Å²) >= 11 is 5.69. The van der Waals surface area contributed by atoms with Crippen LogP contribution in [0, 0.1) is 0 Å². The molecule has 1 aromatic carbocycles. The Balaban J connectivity index is 3.46. The summed E-state index contributed by atoms with van der Waals surface area (Å²) in [4.78, 5) is 0. The van der Waals surface area contributed by atoms with Gasteiger partial charge in [0, 0.05) is 10.6 Å². The Labute approximate surface area is 103 Å². The van der Waals surface area contributed by atoms with Crippen LogP contribution in [-0.2, 0) is 6.18 Å². The van der Waals surface area contributed by atoms with Crippen LogP contribution in [0.15, 0.2) is 12.1 Å². The summed E-state index contributed by atoms with van der Waals surface area (Å²) in [6.45, 7) is 1.93. The molecule has 0 aliphatic heterocycles. The lowest BCUT2D eigenvalue weighted by Crippen LogP contribution is -2.14. The number of benzene rings is 1. The quantitative estimate of drug-likeness (QED) is 0.911. The first kappa shape index (κ1) is 14.1. The van der Waals surface area contributed by atoms with Crippen LogP contribution < -0.4 is 10.5 Å². The Hall–Kier alpha value is -0.940. The highest BCUT2D eigenvalue weighted by atomic mass is 35.5. The van der Waals surface area contributed by atoms with Gasteiger partial charge in [-0.05, 0) is 24.6 Å². The summed E-state index contributed by atoms with van der Waals surface area (Å²) in [5.74, 6) is -0.468. The van der Waals surface area contributed by atoms with Gasteiger partial charge in [0.25, 0.3) is 0 Å². The van der Waals surface area contributed by atoms with Crippen LogP contribution in [-0.4, -0.2) is 13.7 Å². The topological polar surface area (TPSA) is 35.2 Å². The molecule has 0 saturated carbocycles. The fourth-order valence-corrected chi connectivity index (χ4v) is 1.77. The highest BCUT2D eigenvalue weighted by molar-refractivity contribution is 6.30. The molecule has 0 radical (unpaired) electrons. The van der Waals surface area contributed by atoms with E-state index in [1.54, 1.807) is 6.92 Å². The van der Waals surface area contributed by atoms with Crippen LogP contribution in [0.5, 0.6) is 5.75 Å². The molecule has 17 heavy (non-hydrogen) atoms. The van der Waals surface area contributed by atoms with Gasteiger partial charge >= 0.3 is 6.18 Å². The first-order valence-electron chi connectivity index (χ1n) is 4.96. The van der Waals surface area contributed by atoms with E-state index in [1.807, 2.05) is 0 Å². The van der Waals surface area contributed by atoms with Crippen molar-refractivity contribution in [3.05, 3.63) is 28.3 Å². The smallest absolute Gasteiger partial charge is 0.420 e. The van der Waals surface area contributed by atoms with Gasteiger partial charge in [-0.25, -0.2) is 0 Å². The van der Waals surface area contributed by atoms with Gasteiger partial charge in [0.05, 0.1) is 12.7 Å². The first-order chi connectivity index (χ1) is 7.81. The predicted molar refractivity (Wildman–Crippen MR) is 60.5 cm³/mol. The normalized spacial score (nSPS) is 13.6. The average Bonchev–Trinajstić information content (AvgIpc) is 2.25. The molecule has 2 N–H and O–H groups in total. The van der Waals surface area contributed by atoms with Gasteiger partial charge in [0.15, 0.2) is 0 Å². The van der Waals surface area contributed by atoms with Gasteiger partial charge < -0.3 is 10.5 Å². The van der Waals surface area contributed by atoms with Crippen LogP contribution in [0.3, 0.4) is 0 Å². The van der Waals surface area contributed by atoms with Crippen molar-refractivity contribution >= 4 is 11.6 Å². The third-order valence-electron chi connectivity index (χ3n) is 2.48. The highest BCUT2D eigenvalue weighted by Crippen LogP contribution is 2.42. The highest BCUT2D eigenvalue weighted by Gasteiger charge is 2.36. The second kappa shape index (κ2) is 5.14. The van der Waals surface area contributed by atoms with Crippen LogP contribution in [0.2, 0.25) is 5.02 Å². The maximum Gasteiger partial charge on any atom is 0.420 e. The summed E-state index contributed by atoms with van der Waals surface area (Å²) in [6.07, 6.45) is -4.50. The largest absolute Gasteiger partial charge is 0.496 e. The van der Waals surface area contributed by atoms with Crippen molar-refractivity contribution in [1.82, 2.24) is 0 Å². The summed E-state index contributed by atoms with van der Waals surface area (Å²) in [5, 5.41) is 0.0217. The van der Waals surface area contributed by atoms with Crippen LogP contribution in [0.4, 0.5) is 13.2 Å². The van der Waals surface area contributed by atoms with Crippen molar-refractivity contribution in [2.45, 2.75) is 19.0 Å². The minimum atomic E-state index is -4.50. The fourth-order valence-electron chi connectivity index (χ4n) is 1.55. The van der Waals surface area contributed by atoms with Crippen molar-refractivity contribution in [3.63, 3.8) is 0 Å². The number of methoxy groups -OCH3 is 1. The summed E-state index contributed by atoms with van der Waals surface area (Å²) in [7, 11) is 1.20. The Kier molecular flexibility index (Phi) is 4.27. The molecule has 0 fully saturated rings. The van der Waals surface area contributed by atoms with Crippen molar-refractivity contribution in [3.8, 4) is 5.75 Å². The summed E-state index contributed by atoms with van der Waals surface area (Å²) in [5.41, 5.74) is 4.95. The van der Waals surface area contributed by atoms with Crippen LogP contribution >= 0.6 is 11.6 Å². The Morgan fingerprint density at radius 3 is 2.41 bits per heavy atom. The van der Waals surface area contributed by atoms with E-state index in [2.05, 4.69) is 0 Å². The molecule has 1 unspecified atom stereocenters. The van der Waals surface area contributed by atoms with E-state index >= 15 is 0 Å². The minimum absolute atomic E-state index is 0.0217. The maximum absolute atomic E-state index is 12.8. The first-order valence-corrected chi connectivity index (χ1v) is 5.33. The number of alkyl halides is 3. The van der Waals surface area contributed by atoms with Crippen LogP contribution in [0.1, 0.15) is 24.0 Å². The Morgan fingerprint density at radius 1 is 1.41 bits per heavy atom. The molecule has 0 bridgehead atoms. The molecule has 0 aliphatic rings. The summed E-state index contributed by atoms with van der Waals surface area (Å²) in [6, 6.07) is 2.31. The van der Waals surface area contributed by atoms with Gasteiger partial charge in [-0.1, -0.05) is 18.5 Å². The molecule has 1 atom stereocenters. The SMILES string of the molecule is COc1c(C(C)CN)cc(Cl)cc1C(F)(F)F. The lowest BCUT2D eigenvalue weighted by atomic mass is 9.97. The number of rotatable bonds is 3. The number of ether oxygens (including phenoxy) is 1. The molecule has 0 aromatic heterocycles. The van der Waals surface area contributed by atoms with Gasteiger partial charge in [-0.3, -0.25) is 0 Å². The van der Waals surface area contributed by atoms with Gasteiger partial charge in [-0.15, -0.1) is 0 Å². The van der Waals surface area contributed by atoms with Crippen molar-refractivity contribution in [2.75, 3.05) is 13.7 Å². The molecule has 6 heteroatoms. The maximum atomic E-state index is 12.8. The van der Waals surface area contributed by atoms with E-state index in [1.165, 1.54) is 13.2 Å². The average molecular weight is 268 g/mol. The van der Waals surface area contributed by atoms with Gasteiger partial charge in [0.2, 0.25) is 0 Å². The third-order valence-corrected chi connectivity index (χ3v) is 2.69.